The minimum absolute atomic E-state index is 0.166. The Hall–Kier alpha value is -1.84. The first-order valence-corrected chi connectivity index (χ1v) is 7.53. The van der Waals surface area contributed by atoms with E-state index in [1.165, 1.54) is 6.42 Å². The van der Waals surface area contributed by atoms with Crippen LogP contribution >= 0.6 is 0 Å². The van der Waals surface area contributed by atoms with Gasteiger partial charge in [0.2, 0.25) is 0 Å². The van der Waals surface area contributed by atoms with Gasteiger partial charge in [-0.2, -0.15) is 0 Å². The van der Waals surface area contributed by atoms with E-state index >= 15 is 0 Å². The van der Waals surface area contributed by atoms with Crippen molar-refractivity contribution in [2.24, 2.45) is 0 Å². The number of piperidine rings is 1. The molecule has 1 fully saturated rings. The van der Waals surface area contributed by atoms with Gasteiger partial charge in [-0.15, -0.1) is 0 Å². The molecule has 1 aromatic heterocycles. The molecule has 1 saturated heterocycles. The van der Waals surface area contributed by atoms with Crippen LogP contribution in [0.3, 0.4) is 0 Å². The van der Waals surface area contributed by atoms with Crippen molar-refractivity contribution in [3.05, 3.63) is 30.1 Å². The van der Waals surface area contributed by atoms with Crippen LogP contribution in [0.25, 0.3) is 11.0 Å². The fourth-order valence-electron chi connectivity index (χ4n) is 3.14. The maximum Gasteiger partial charge on any atom is 0.254 e. The largest absolute Gasteiger partial charge is 0.345 e. The number of hydrogen-bond acceptors (Lipinski definition) is 2. The zero-order chi connectivity index (χ0) is 13.9. The number of nitrogens with one attached hydrogen (secondary N) is 1. The van der Waals surface area contributed by atoms with Gasteiger partial charge in [0, 0.05) is 18.2 Å². The molecule has 0 aliphatic carbocycles. The number of aromatic nitrogens is 2. The van der Waals surface area contributed by atoms with Crippen molar-refractivity contribution in [1.29, 1.82) is 0 Å². The molecule has 0 radical (unpaired) electrons. The summed E-state index contributed by atoms with van der Waals surface area (Å²) in [4.78, 5) is 22.1. The summed E-state index contributed by atoms with van der Waals surface area (Å²) in [5, 5.41) is 0. The van der Waals surface area contributed by atoms with Gasteiger partial charge in [0.1, 0.15) is 0 Å². The van der Waals surface area contributed by atoms with Gasteiger partial charge in [-0.1, -0.05) is 13.3 Å². The quantitative estimate of drug-likeness (QED) is 0.930. The molecular formula is C16H21N3O. The smallest absolute Gasteiger partial charge is 0.254 e. The Morgan fingerprint density at radius 3 is 3.20 bits per heavy atom. The third-order valence-corrected chi connectivity index (χ3v) is 4.18. The van der Waals surface area contributed by atoms with Crippen molar-refractivity contribution in [2.45, 2.75) is 45.1 Å². The van der Waals surface area contributed by atoms with Crippen LogP contribution in [-0.4, -0.2) is 33.4 Å². The summed E-state index contributed by atoms with van der Waals surface area (Å²) < 4.78 is 0. The minimum Gasteiger partial charge on any atom is -0.345 e. The zero-order valence-corrected chi connectivity index (χ0v) is 11.9. The molecule has 1 atom stereocenters. The van der Waals surface area contributed by atoms with Gasteiger partial charge in [-0.05, 0) is 43.9 Å². The van der Waals surface area contributed by atoms with E-state index in [0.717, 1.165) is 48.8 Å². The van der Waals surface area contributed by atoms with Crippen molar-refractivity contribution < 1.29 is 4.79 Å². The number of fused-ring (bicyclic) bond motifs is 1. The lowest BCUT2D eigenvalue weighted by atomic mass is 9.97. The lowest BCUT2D eigenvalue weighted by Gasteiger charge is -2.35. The van der Waals surface area contributed by atoms with Crippen molar-refractivity contribution in [2.75, 3.05) is 6.54 Å². The number of rotatable bonds is 3. The second kappa shape index (κ2) is 5.65. The highest BCUT2D eigenvalue weighted by atomic mass is 16.2. The third kappa shape index (κ3) is 2.42. The Labute approximate surface area is 119 Å². The van der Waals surface area contributed by atoms with E-state index in [1.807, 2.05) is 18.2 Å². The lowest BCUT2D eigenvalue weighted by molar-refractivity contribution is 0.0601. The molecule has 20 heavy (non-hydrogen) atoms. The highest BCUT2D eigenvalue weighted by Crippen LogP contribution is 2.23. The number of likely N-dealkylation sites (tertiary alicyclic amines) is 1. The SMILES string of the molecule is CCCC1CCCCN1C(=O)c1ccc2nc[nH]c2c1. The summed E-state index contributed by atoms with van der Waals surface area (Å²) in [5.74, 6) is 0.166. The number of hydrogen-bond donors (Lipinski definition) is 1. The molecule has 1 aliphatic rings. The van der Waals surface area contributed by atoms with Crippen LogP contribution in [0.15, 0.2) is 24.5 Å². The standard InChI is InChI=1S/C16H21N3O/c1-2-5-13-6-3-4-9-19(13)16(20)12-7-8-14-15(10-12)18-11-17-14/h7-8,10-11,13H,2-6,9H2,1H3,(H,17,18). The number of nitrogens with zero attached hydrogens (tertiary/aromatic N) is 2. The summed E-state index contributed by atoms with van der Waals surface area (Å²) in [6.07, 6.45) is 7.42. The molecule has 3 rings (SSSR count). The molecule has 1 N–H and O–H groups in total. The average molecular weight is 271 g/mol. The van der Waals surface area contributed by atoms with E-state index in [2.05, 4.69) is 21.8 Å². The fourth-order valence-corrected chi connectivity index (χ4v) is 3.14. The normalized spacial score (nSPS) is 19.4. The van der Waals surface area contributed by atoms with Gasteiger partial charge in [-0.3, -0.25) is 4.79 Å². The summed E-state index contributed by atoms with van der Waals surface area (Å²) >= 11 is 0. The molecule has 2 aromatic rings. The van der Waals surface area contributed by atoms with Crippen LogP contribution in [0, 0.1) is 0 Å². The molecule has 0 bridgehead atoms. The Kier molecular flexibility index (Phi) is 3.72. The Morgan fingerprint density at radius 1 is 1.45 bits per heavy atom. The van der Waals surface area contributed by atoms with Crippen LogP contribution in [0.4, 0.5) is 0 Å². The van der Waals surface area contributed by atoms with Gasteiger partial charge >= 0.3 is 0 Å². The van der Waals surface area contributed by atoms with Crippen LogP contribution < -0.4 is 0 Å². The Morgan fingerprint density at radius 2 is 2.35 bits per heavy atom. The van der Waals surface area contributed by atoms with E-state index in [-0.39, 0.29) is 5.91 Å². The fraction of sp³-hybridized carbons (Fsp3) is 0.500. The number of H-pyrrole nitrogens is 1. The highest BCUT2D eigenvalue weighted by Gasteiger charge is 2.26. The predicted molar refractivity (Wildman–Crippen MR) is 79.7 cm³/mol. The summed E-state index contributed by atoms with van der Waals surface area (Å²) in [7, 11) is 0. The Balaban J connectivity index is 1.85. The van der Waals surface area contributed by atoms with Crippen LogP contribution in [0.2, 0.25) is 0 Å². The molecule has 0 spiro atoms. The van der Waals surface area contributed by atoms with Gasteiger partial charge < -0.3 is 9.88 Å². The molecule has 2 heterocycles. The van der Waals surface area contributed by atoms with Crippen molar-refractivity contribution in [1.82, 2.24) is 14.9 Å². The van der Waals surface area contributed by atoms with E-state index in [0.29, 0.717) is 6.04 Å². The van der Waals surface area contributed by atoms with E-state index in [1.54, 1.807) is 6.33 Å². The average Bonchev–Trinajstić information content (AvgIpc) is 2.95. The summed E-state index contributed by atoms with van der Waals surface area (Å²) in [6.45, 7) is 3.08. The van der Waals surface area contributed by atoms with Gasteiger partial charge in [0.15, 0.2) is 0 Å². The summed E-state index contributed by atoms with van der Waals surface area (Å²) in [5.41, 5.74) is 2.61. The lowest BCUT2D eigenvalue weighted by Crippen LogP contribution is -2.43. The van der Waals surface area contributed by atoms with Crippen LogP contribution in [-0.2, 0) is 0 Å². The highest BCUT2D eigenvalue weighted by molar-refractivity contribution is 5.97. The van der Waals surface area contributed by atoms with Crippen molar-refractivity contribution in [3.8, 4) is 0 Å². The number of carbonyl (C=O) groups excluding carboxylic acids is 1. The van der Waals surface area contributed by atoms with Crippen molar-refractivity contribution >= 4 is 16.9 Å². The first-order chi connectivity index (χ1) is 9.79. The maximum atomic E-state index is 12.7. The number of imidazole rings is 1. The van der Waals surface area contributed by atoms with E-state index in [9.17, 15) is 4.79 Å². The second-order valence-electron chi connectivity index (χ2n) is 5.57. The van der Waals surface area contributed by atoms with Gasteiger partial charge in [0.05, 0.1) is 17.4 Å². The van der Waals surface area contributed by atoms with Crippen molar-refractivity contribution in [3.63, 3.8) is 0 Å². The molecule has 1 aliphatic heterocycles. The number of benzene rings is 1. The first kappa shape index (κ1) is 13.2. The molecule has 1 aromatic carbocycles. The molecule has 1 amide bonds. The predicted octanol–water partition coefficient (Wildman–Crippen LogP) is 3.36. The molecule has 0 saturated carbocycles. The third-order valence-electron chi connectivity index (χ3n) is 4.18. The Bertz CT molecular complexity index is 603. The van der Waals surface area contributed by atoms with E-state index < -0.39 is 0 Å². The number of aromatic amines is 1. The topological polar surface area (TPSA) is 49.0 Å². The van der Waals surface area contributed by atoms with E-state index in [4.69, 9.17) is 0 Å². The maximum absolute atomic E-state index is 12.7. The first-order valence-electron chi connectivity index (χ1n) is 7.53. The molecule has 106 valence electrons. The van der Waals surface area contributed by atoms with Gasteiger partial charge in [-0.25, -0.2) is 4.98 Å². The second-order valence-corrected chi connectivity index (χ2v) is 5.57. The number of amides is 1. The molecule has 4 heteroatoms. The zero-order valence-electron chi connectivity index (χ0n) is 11.9. The summed E-state index contributed by atoms with van der Waals surface area (Å²) in [6, 6.07) is 6.14. The number of carbonyl (C=O) groups is 1. The minimum atomic E-state index is 0.166. The molecule has 1 unspecified atom stereocenters. The van der Waals surface area contributed by atoms with Crippen LogP contribution in [0.1, 0.15) is 49.4 Å². The van der Waals surface area contributed by atoms with Crippen LogP contribution in [0.5, 0.6) is 0 Å². The molecular weight excluding hydrogens is 250 g/mol. The van der Waals surface area contributed by atoms with Gasteiger partial charge in [0.25, 0.3) is 5.91 Å². The monoisotopic (exact) mass is 271 g/mol. The molecule has 4 nitrogen and oxygen atoms in total.